The molecule has 2 N–H and O–H groups in total. The summed E-state index contributed by atoms with van der Waals surface area (Å²) in [7, 11) is 3.26. The summed E-state index contributed by atoms with van der Waals surface area (Å²) in [5, 5.41) is 11.2. The maximum Gasteiger partial charge on any atom is 0.269 e. The zero-order chi connectivity index (χ0) is 23.2. The molecule has 1 aromatic heterocycles. The summed E-state index contributed by atoms with van der Waals surface area (Å²) >= 11 is 0. The Morgan fingerprint density at radius 1 is 1.12 bits per heavy atom. The lowest BCUT2D eigenvalue weighted by molar-refractivity contribution is -0.128. The molecule has 6 nitrogen and oxygen atoms in total. The lowest BCUT2D eigenvalue weighted by Crippen LogP contribution is -2.33. The van der Waals surface area contributed by atoms with Gasteiger partial charge in [0.2, 0.25) is 5.91 Å². The van der Waals surface area contributed by atoms with Crippen LogP contribution in [0, 0.1) is 12.7 Å². The van der Waals surface area contributed by atoms with Crippen molar-refractivity contribution >= 4 is 28.3 Å². The molecule has 0 radical (unpaired) electrons. The maximum atomic E-state index is 15.8. The number of aromatic amines is 1. The van der Waals surface area contributed by atoms with Crippen molar-refractivity contribution in [2.45, 2.75) is 20.3 Å². The highest BCUT2D eigenvalue weighted by Gasteiger charge is 2.24. The van der Waals surface area contributed by atoms with Crippen molar-refractivity contribution in [2.24, 2.45) is 0 Å². The zero-order valence-corrected chi connectivity index (χ0v) is 18.6. The predicted molar refractivity (Wildman–Crippen MR) is 123 cm³/mol. The number of nitrogens with zero attached hydrogens (tertiary/aromatic N) is 2. The summed E-state index contributed by atoms with van der Waals surface area (Å²) in [4.78, 5) is 30.5. The van der Waals surface area contributed by atoms with Gasteiger partial charge >= 0.3 is 0 Å². The van der Waals surface area contributed by atoms with Gasteiger partial charge in [0.15, 0.2) is 5.82 Å². The van der Waals surface area contributed by atoms with Crippen LogP contribution in [0.15, 0.2) is 36.4 Å². The Balaban J connectivity index is 1.98. The number of nitrogens with one attached hydrogen (secondary N) is 1. The molecule has 2 amide bonds. The van der Waals surface area contributed by atoms with E-state index in [4.69, 9.17) is 0 Å². The molecule has 32 heavy (non-hydrogen) atoms. The number of aromatic nitrogens is 1. The van der Waals surface area contributed by atoms with Crippen molar-refractivity contribution in [1.82, 2.24) is 14.8 Å². The van der Waals surface area contributed by atoms with Crippen LogP contribution in [0.1, 0.15) is 35.0 Å². The molecule has 166 valence electrons. The molecule has 0 atom stereocenters. The van der Waals surface area contributed by atoms with Crippen LogP contribution >= 0.6 is 0 Å². The highest BCUT2D eigenvalue weighted by Crippen LogP contribution is 2.40. The second kappa shape index (κ2) is 8.15. The summed E-state index contributed by atoms with van der Waals surface area (Å²) in [5.74, 6) is -0.744. The van der Waals surface area contributed by atoms with Crippen molar-refractivity contribution in [3.05, 3.63) is 59.0 Å². The molecular weight excluding hydrogens is 409 g/mol. The van der Waals surface area contributed by atoms with Gasteiger partial charge in [-0.1, -0.05) is 18.2 Å². The van der Waals surface area contributed by atoms with E-state index in [1.807, 2.05) is 19.1 Å². The molecule has 3 aromatic rings. The number of hydrogen-bond donors (Lipinski definition) is 2. The van der Waals surface area contributed by atoms with E-state index in [-0.39, 0.29) is 28.8 Å². The van der Waals surface area contributed by atoms with Gasteiger partial charge in [-0.05, 0) is 48.2 Å². The quantitative estimate of drug-likeness (QED) is 0.643. The normalized spacial score (nSPS) is 13.9. The van der Waals surface area contributed by atoms with Gasteiger partial charge in [-0.25, -0.2) is 4.39 Å². The SMILES string of the molecule is CC(=O)N1CCC=C(c2cc(-c3ccc(C)cc3O)c3cc(C(=O)N(C)C)[nH]c3c2F)C1. The number of halogens is 1. The minimum atomic E-state index is -0.482. The van der Waals surface area contributed by atoms with Gasteiger partial charge in [-0.2, -0.15) is 0 Å². The van der Waals surface area contributed by atoms with Crippen LogP contribution in [0.25, 0.3) is 27.6 Å². The number of carbonyl (C=O) groups is 2. The molecule has 1 aliphatic heterocycles. The Kier molecular flexibility index (Phi) is 5.50. The van der Waals surface area contributed by atoms with Gasteiger partial charge in [0.25, 0.3) is 5.91 Å². The first kappa shape index (κ1) is 21.6. The number of phenolic OH excluding ortho intramolecular Hbond substituents is 1. The molecule has 0 saturated carbocycles. The van der Waals surface area contributed by atoms with Crippen LogP contribution in [-0.2, 0) is 4.79 Å². The van der Waals surface area contributed by atoms with E-state index in [1.165, 1.54) is 11.8 Å². The highest BCUT2D eigenvalue weighted by molar-refractivity contribution is 6.05. The van der Waals surface area contributed by atoms with E-state index in [9.17, 15) is 14.7 Å². The topological polar surface area (TPSA) is 76.6 Å². The Bertz CT molecular complexity index is 1270. The van der Waals surface area contributed by atoms with Gasteiger partial charge in [-0.15, -0.1) is 0 Å². The summed E-state index contributed by atoms with van der Waals surface area (Å²) in [6, 6.07) is 8.64. The second-order valence-electron chi connectivity index (χ2n) is 8.44. The fraction of sp³-hybridized carbons (Fsp3) is 0.280. The maximum absolute atomic E-state index is 15.8. The first-order valence-electron chi connectivity index (χ1n) is 10.5. The number of rotatable bonds is 3. The minimum absolute atomic E-state index is 0.0628. The largest absolute Gasteiger partial charge is 0.507 e. The minimum Gasteiger partial charge on any atom is -0.507 e. The number of phenols is 1. The first-order chi connectivity index (χ1) is 15.2. The molecule has 2 aromatic carbocycles. The van der Waals surface area contributed by atoms with E-state index in [2.05, 4.69) is 4.98 Å². The molecule has 1 aliphatic rings. The van der Waals surface area contributed by atoms with Crippen molar-refractivity contribution in [3.8, 4) is 16.9 Å². The van der Waals surface area contributed by atoms with Gasteiger partial charge in [0.1, 0.15) is 11.4 Å². The van der Waals surface area contributed by atoms with Crippen LogP contribution in [0.3, 0.4) is 0 Å². The number of carbonyl (C=O) groups excluding carboxylic acids is 2. The van der Waals surface area contributed by atoms with Gasteiger partial charge < -0.3 is 19.9 Å². The van der Waals surface area contributed by atoms with E-state index in [0.29, 0.717) is 47.2 Å². The van der Waals surface area contributed by atoms with Crippen LogP contribution in [0.2, 0.25) is 0 Å². The van der Waals surface area contributed by atoms with Gasteiger partial charge in [-0.3, -0.25) is 9.59 Å². The van der Waals surface area contributed by atoms with E-state index < -0.39 is 5.82 Å². The summed E-state index contributed by atoms with van der Waals surface area (Å²) < 4.78 is 15.8. The lowest BCUT2D eigenvalue weighted by atomic mass is 9.92. The molecule has 0 bridgehead atoms. The third-order valence-electron chi connectivity index (χ3n) is 5.87. The average Bonchev–Trinajstić information content (AvgIpc) is 3.20. The monoisotopic (exact) mass is 435 g/mol. The molecular formula is C25H26FN3O3. The fourth-order valence-corrected chi connectivity index (χ4v) is 4.15. The Labute approximate surface area is 186 Å². The molecule has 0 unspecified atom stereocenters. The molecule has 2 heterocycles. The summed E-state index contributed by atoms with van der Waals surface area (Å²) in [6.07, 6.45) is 2.57. The van der Waals surface area contributed by atoms with Crippen LogP contribution in [0.5, 0.6) is 5.75 Å². The molecule has 4 rings (SSSR count). The fourth-order valence-electron chi connectivity index (χ4n) is 4.15. The van der Waals surface area contributed by atoms with Crippen molar-refractivity contribution in [1.29, 1.82) is 0 Å². The Hall–Kier alpha value is -3.61. The Morgan fingerprint density at radius 2 is 1.88 bits per heavy atom. The van der Waals surface area contributed by atoms with Crippen LogP contribution < -0.4 is 0 Å². The summed E-state index contributed by atoms with van der Waals surface area (Å²) in [5.41, 5.74) is 3.57. The van der Waals surface area contributed by atoms with Gasteiger partial charge in [0.05, 0.1) is 5.52 Å². The number of H-pyrrole nitrogens is 1. The average molecular weight is 435 g/mol. The number of benzene rings is 2. The number of aromatic hydroxyl groups is 1. The third-order valence-corrected chi connectivity index (χ3v) is 5.87. The Morgan fingerprint density at radius 3 is 2.53 bits per heavy atom. The lowest BCUT2D eigenvalue weighted by Gasteiger charge is -2.27. The second-order valence-corrected chi connectivity index (χ2v) is 8.44. The van der Waals surface area contributed by atoms with Crippen molar-refractivity contribution in [2.75, 3.05) is 27.2 Å². The van der Waals surface area contributed by atoms with Gasteiger partial charge in [0, 0.05) is 50.6 Å². The van der Waals surface area contributed by atoms with Crippen LogP contribution in [0.4, 0.5) is 4.39 Å². The van der Waals surface area contributed by atoms with E-state index in [1.54, 1.807) is 43.3 Å². The number of fused-ring (bicyclic) bond motifs is 1. The van der Waals surface area contributed by atoms with E-state index in [0.717, 1.165) is 5.56 Å². The number of aryl methyl sites for hydroxylation is 1. The number of amides is 2. The van der Waals surface area contributed by atoms with Crippen molar-refractivity contribution in [3.63, 3.8) is 0 Å². The van der Waals surface area contributed by atoms with Crippen molar-refractivity contribution < 1.29 is 19.1 Å². The first-order valence-corrected chi connectivity index (χ1v) is 10.5. The highest BCUT2D eigenvalue weighted by atomic mass is 19.1. The predicted octanol–water partition coefficient (Wildman–Crippen LogP) is 4.33. The summed E-state index contributed by atoms with van der Waals surface area (Å²) in [6.45, 7) is 4.28. The zero-order valence-electron chi connectivity index (χ0n) is 18.6. The molecule has 0 aliphatic carbocycles. The molecule has 0 fully saturated rings. The third kappa shape index (κ3) is 3.75. The molecule has 7 heteroatoms. The van der Waals surface area contributed by atoms with Crippen LogP contribution in [-0.4, -0.2) is 58.9 Å². The van der Waals surface area contributed by atoms with E-state index >= 15 is 4.39 Å². The number of hydrogen-bond acceptors (Lipinski definition) is 3. The standard InChI is InChI=1S/C25H26FN3O3/c1-14-7-8-17(22(31)10-14)19-11-18(16-6-5-9-29(13-16)15(2)30)23(26)24-20(19)12-21(27-24)25(32)28(3)4/h6-8,10-12,27,31H,5,9,13H2,1-4H3. The molecule has 0 saturated heterocycles. The molecule has 0 spiro atoms. The smallest absolute Gasteiger partial charge is 0.269 e.